The van der Waals surface area contributed by atoms with Gasteiger partial charge >= 0.3 is 0 Å². The van der Waals surface area contributed by atoms with Crippen molar-refractivity contribution in [3.05, 3.63) is 12.2 Å². The maximum absolute atomic E-state index is 10.6. The number of allylic oxidation sites excluding steroid dienone is 2. The fourth-order valence-electron chi connectivity index (χ4n) is 5.20. The standard InChI is InChI=1S/C16H24O/c1-2-4-11-9-12(5-3-8-17)16-14-7-6-13(10-14)15(11)16/h6-8,11-16H,2-5,9-10H2,1H3. The second-order valence-electron chi connectivity index (χ2n) is 6.39. The Morgan fingerprint density at radius 1 is 1.06 bits per heavy atom. The van der Waals surface area contributed by atoms with E-state index in [1.165, 1.54) is 25.7 Å². The van der Waals surface area contributed by atoms with E-state index in [1.807, 2.05) is 0 Å². The lowest BCUT2D eigenvalue weighted by molar-refractivity contribution is -0.108. The summed E-state index contributed by atoms with van der Waals surface area (Å²) in [6.07, 6.45) is 13.6. The third-order valence-corrected chi connectivity index (χ3v) is 5.59. The number of rotatable bonds is 5. The highest BCUT2D eigenvalue weighted by Crippen LogP contribution is 2.61. The van der Waals surface area contributed by atoms with E-state index in [4.69, 9.17) is 0 Å². The summed E-state index contributed by atoms with van der Waals surface area (Å²) in [5, 5.41) is 0. The number of hydrogen-bond donors (Lipinski definition) is 0. The largest absolute Gasteiger partial charge is 0.303 e. The molecule has 0 heterocycles. The van der Waals surface area contributed by atoms with Crippen molar-refractivity contribution in [1.82, 2.24) is 0 Å². The molecule has 17 heavy (non-hydrogen) atoms. The molecule has 1 heteroatoms. The third-order valence-electron chi connectivity index (χ3n) is 5.59. The Hall–Kier alpha value is -0.590. The summed E-state index contributed by atoms with van der Waals surface area (Å²) < 4.78 is 0. The summed E-state index contributed by atoms with van der Waals surface area (Å²) in [5.41, 5.74) is 0. The summed E-state index contributed by atoms with van der Waals surface area (Å²) in [6, 6.07) is 0. The number of aldehydes is 1. The number of carbonyl (C=O) groups is 1. The number of hydrogen-bond acceptors (Lipinski definition) is 1. The number of fused-ring (bicyclic) bond motifs is 5. The molecule has 0 aromatic heterocycles. The first-order valence-corrected chi connectivity index (χ1v) is 7.47. The van der Waals surface area contributed by atoms with Crippen LogP contribution in [0.5, 0.6) is 0 Å². The van der Waals surface area contributed by atoms with Gasteiger partial charge in [0.05, 0.1) is 0 Å². The Bertz CT molecular complexity index is 319. The highest BCUT2D eigenvalue weighted by atomic mass is 16.1. The van der Waals surface area contributed by atoms with Gasteiger partial charge in [0.1, 0.15) is 6.29 Å². The molecule has 6 atom stereocenters. The number of carbonyl (C=O) groups excluding carboxylic acids is 1. The topological polar surface area (TPSA) is 17.1 Å². The fraction of sp³-hybridized carbons (Fsp3) is 0.812. The molecule has 1 nitrogen and oxygen atoms in total. The van der Waals surface area contributed by atoms with Gasteiger partial charge in [0, 0.05) is 6.42 Å². The van der Waals surface area contributed by atoms with Crippen LogP contribution in [0.2, 0.25) is 0 Å². The average molecular weight is 232 g/mol. The predicted octanol–water partition coefficient (Wildman–Crippen LogP) is 3.84. The summed E-state index contributed by atoms with van der Waals surface area (Å²) in [7, 11) is 0. The Labute approximate surface area is 105 Å². The van der Waals surface area contributed by atoms with E-state index < -0.39 is 0 Å². The molecule has 0 spiro atoms. The smallest absolute Gasteiger partial charge is 0.120 e. The molecule has 2 fully saturated rings. The highest BCUT2D eigenvalue weighted by Gasteiger charge is 2.54. The zero-order chi connectivity index (χ0) is 11.8. The van der Waals surface area contributed by atoms with E-state index in [0.29, 0.717) is 0 Å². The Morgan fingerprint density at radius 2 is 1.71 bits per heavy atom. The maximum atomic E-state index is 10.6. The first-order chi connectivity index (χ1) is 8.35. The van der Waals surface area contributed by atoms with Gasteiger partial charge < -0.3 is 4.79 Å². The lowest BCUT2D eigenvalue weighted by Crippen LogP contribution is -2.22. The minimum Gasteiger partial charge on any atom is -0.303 e. The second-order valence-corrected chi connectivity index (χ2v) is 6.39. The van der Waals surface area contributed by atoms with Crippen molar-refractivity contribution in [2.45, 2.75) is 45.4 Å². The van der Waals surface area contributed by atoms with Crippen LogP contribution in [0.3, 0.4) is 0 Å². The predicted molar refractivity (Wildman–Crippen MR) is 69.5 cm³/mol. The van der Waals surface area contributed by atoms with Crippen LogP contribution in [-0.2, 0) is 4.79 Å². The van der Waals surface area contributed by atoms with Gasteiger partial charge in [-0.2, -0.15) is 0 Å². The van der Waals surface area contributed by atoms with E-state index in [9.17, 15) is 4.79 Å². The van der Waals surface area contributed by atoms with Crippen LogP contribution in [0.1, 0.15) is 45.4 Å². The molecule has 0 aliphatic heterocycles. The summed E-state index contributed by atoms with van der Waals surface area (Å²) >= 11 is 0. The first kappa shape index (κ1) is 11.5. The Balaban J connectivity index is 1.75. The van der Waals surface area contributed by atoms with E-state index in [2.05, 4.69) is 19.1 Å². The lowest BCUT2D eigenvalue weighted by Gasteiger charge is -2.27. The first-order valence-electron chi connectivity index (χ1n) is 7.47. The van der Waals surface area contributed by atoms with Crippen molar-refractivity contribution in [1.29, 1.82) is 0 Å². The molecular formula is C16H24O. The molecule has 2 bridgehead atoms. The molecule has 3 aliphatic carbocycles. The van der Waals surface area contributed by atoms with Gasteiger partial charge in [-0.15, -0.1) is 0 Å². The molecule has 0 N–H and O–H groups in total. The van der Waals surface area contributed by atoms with Crippen molar-refractivity contribution in [2.75, 3.05) is 0 Å². The Kier molecular flexibility index (Phi) is 3.10. The zero-order valence-electron chi connectivity index (χ0n) is 10.8. The van der Waals surface area contributed by atoms with Crippen molar-refractivity contribution >= 4 is 6.29 Å². The van der Waals surface area contributed by atoms with Gasteiger partial charge in [-0.3, -0.25) is 0 Å². The molecule has 0 aromatic rings. The molecule has 3 rings (SSSR count). The molecule has 0 radical (unpaired) electrons. The molecule has 0 aromatic carbocycles. The monoisotopic (exact) mass is 232 g/mol. The molecule has 94 valence electrons. The Morgan fingerprint density at radius 3 is 2.29 bits per heavy atom. The summed E-state index contributed by atoms with van der Waals surface area (Å²) in [5.74, 6) is 5.47. The molecular weight excluding hydrogens is 208 g/mol. The third kappa shape index (κ3) is 1.78. The summed E-state index contributed by atoms with van der Waals surface area (Å²) in [6.45, 7) is 2.32. The van der Waals surface area contributed by atoms with Gasteiger partial charge in [-0.1, -0.05) is 31.9 Å². The van der Waals surface area contributed by atoms with Crippen molar-refractivity contribution < 1.29 is 4.79 Å². The quantitative estimate of drug-likeness (QED) is 0.520. The van der Waals surface area contributed by atoms with Gasteiger partial charge in [-0.05, 0) is 54.8 Å². The SMILES string of the molecule is CCCC1CC(CCC=O)C2C3C=CC(C3)C12. The van der Waals surface area contributed by atoms with Crippen LogP contribution in [-0.4, -0.2) is 6.29 Å². The summed E-state index contributed by atoms with van der Waals surface area (Å²) in [4.78, 5) is 10.6. The van der Waals surface area contributed by atoms with Crippen molar-refractivity contribution in [3.63, 3.8) is 0 Å². The molecule has 6 unspecified atom stereocenters. The van der Waals surface area contributed by atoms with Gasteiger partial charge in [0.15, 0.2) is 0 Å². The van der Waals surface area contributed by atoms with Crippen LogP contribution in [0.25, 0.3) is 0 Å². The van der Waals surface area contributed by atoms with E-state index in [0.717, 1.165) is 54.6 Å². The normalized spacial score (nSPS) is 46.4. The molecule has 0 saturated heterocycles. The van der Waals surface area contributed by atoms with Crippen LogP contribution in [0.15, 0.2) is 12.2 Å². The van der Waals surface area contributed by atoms with Crippen molar-refractivity contribution in [2.24, 2.45) is 35.5 Å². The van der Waals surface area contributed by atoms with Crippen LogP contribution >= 0.6 is 0 Å². The van der Waals surface area contributed by atoms with E-state index >= 15 is 0 Å². The lowest BCUT2D eigenvalue weighted by atomic mass is 9.77. The minimum atomic E-state index is 0.786. The average Bonchev–Trinajstić information content (AvgIpc) is 2.99. The molecule has 3 aliphatic rings. The zero-order valence-corrected chi connectivity index (χ0v) is 10.8. The molecule has 2 saturated carbocycles. The van der Waals surface area contributed by atoms with E-state index in [1.54, 1.807) is 0 Å². The highest BCUT2D eigenvalue weighted by molar-refractivity contribution is 5.49. The van der Waals surface area contributed by atoms with E-state index in [-0.39, 0.29) is 0 Å². The fourth-order valence-corrected chi connectivity index (χ4v) is 5.20. The van der Waals surface area contributed by atoms with Crippen molar-refractivity contribution in [3.8, 4) is 0 Å². The molecule has 0 amide bonds. The van der Waals surface area contributed by atoms with Crippen LogP contribution < -0.4 is 0 Å². The van der Waals surface area contributed by atoms with Crippen LogP contribution in [0.4, 0.5) is 0 Å². The van der Waals surface area contributed by atoms with Gasteiger partial charge in [0.25, 0.3) is 0 Å². The minimum absolute atomic E-state index is 0.786. The van der Waals surface area contributed by atoms with Gasteiger partial charge in [0.2, 0.25) is 0 Å². The second kappa shape index (κ2) is 4.59. The maximum Gasteiger partial charge on any atom is 0.120 e. The van der Waals surface area contributed by atoms with Gasteiger partial charge in [-0.25, -0.2) is 0 Å². The van der Waals surface area contributed by atoms with Crippen LogP contribution in [0, 0.1) is 35.5 Å².